The van der Waals surface area contributed by atoms with Gasteiger partial charge in [0.1, 0.15) is 0 Å². The molecule has 8 heteroatoms. The predicted octanol–water partition coefficient (Wildman–Crippen LogP) is 4.46. The van der Waals surface area contributed by atoms with E-state index in [9.17, 15) is 13.2 Å². The standard InChI is InChI=1S/C22H24ClN3O3S/c1-30(28,29)21-12-17(25-22(27)10-16-8-4-5-9-19(16)23)11-20-18(21)13-24-26(20)14-15-6-2-3-7-15/h4-5,8-9,11-13,15H,2-3,6-7,10,14H2,1H3,(H,25,27). The average molecular weight is 446 g/mol. The summed E-state index contributed by atoms with van der Waals surface area (Å²) < 4.78 is 26.7. The number of carbonyl (C=O) groups excluding carboxylic acids is 1. The minimum absolute atomic E-state index is 0.104. The molecule has 1 amide bonds. The van der Waals surface area contributed by atoms with Crippen molar-refractivity contribution in [2.45, 2.75) is 43.5 Å². The van der Waals surface area contributed by atoms with Gasteiger partial charge in [-0.2, -0.15) is 5.10 Å². The fraction of sp³-hybridized carbons (Fsp3) is 0.364. The summed E-state index contributed by atoms with van der Waals surface area (Å²) in [5.41, 5.74) is 1.87. The summed E-state index contributed by atoms with van der Waals surface area (Å²) in [6, 6.07) is 10.5. The van der Waals surface area contributed by atoms with Crippen molar-refractivity contribution in [1.29, 1.82) is 0 Å². The van der Waals surface area contributed by atoms with Gasteiger partial charge in [-0.15, -0.1) is 0 Å². The van der Waals surface area contributed by atoms with Gasteiger partial charge < -0.3 is 5.32 Å². The Hall–Kier alpha value is -2.38. The molecule has 1 aromatic heterocycles. The van der Waals surface area contributed by atoms with Crippen LogP contribution < -0.4 is 5.32 Å². The monoisotopic (exact) mass is 445 g/mol. The van der Waals surface area contributed by atoms with Crippen LogP contribution in [-0.4, -0.2) is 30.4 Å². The number of anilines is 1. The highest BCUT2D eigenvalue weighted by atomic mass is 35.5. The van der Waals surface area contributed by atoms with Gasteiger partial charge in [-0.3, -0.25) is 9.48 Å². The first-order valence-corrected chi connectivity index (χ1v) is 12.3. The molecule has 1 heterocycles. The van der Waals surface area contributed by atoms with E-state index in [2.05, 4.69) is 10.4 Å². The Morgan fingerprint density at radius 1 is 1.23 bits per heavy atom. The molecule has 0 spiro atoms. The molecular formula is C22H24ClN3O3S. The number of amides is 1. The summed E-state index contributed by atoms with van der Waals surface area (Å²) in [5, 5.41) is 8.39. The van der Waals surface area contributed by atoms with Crippen molar-refractivity contribution in [3.05, 3.63) is 53.2 Å². The van der Waals surface area contributed by atoms with Crippen molar-refractivity contribution in [3.8, 4) is 0 Å². The number of hydrogen-bond donors (Lipinski definition) is 1. The average Bonchev–Trinajstić information content (AvgIpc) is 3.33. The van der Waals surface area contributed by atoms with Gasteiger partial charge in [-0.05, 0) is 42.5 Å². The van der Waals surface area contributed by atoms with Crippen LogP contribution in [0, 0.1) is 5.92 Å². The summed E-state index contributed by atoms with van der Waals surface area (Å²) >= 11 is 6.15. The molecule has 0 unspecified atom stereocenters. The second-order valence-corrected chi connectivity index (χ2v) is 10.4. The summed E-state index contributed by atoms with van der Waals surface area (Å²) in [7, 11) is -3.49. The van der Waals surface area contributed by atoms with Gasteiger partial charge in [0.2, 0.25) is 5.91 Å². The van der Waals surface area contributed by atoms with Gasteiger partial charge >= 0.3 is 0 Å². The Morgan fingerprint density at radius 2 is 1.97 bits per heavy atom. The van der Waals surface area contributed by atoms with Crippen LogP contribution in [0.15, 0.2) is 47.5 Å². The molecule has 1 fully saturated rings. The molecule has 30 heavy (non-hydrogen) atoms. The number of aromatic nitrogens is 2. The Bertz CT molecular complexity index is 1200. The zero-order chi connectivity index (χ0) is 21.3. The molecule has 158 valence electrons. The maximum atomic E-state index is 12.6. The molecule has 1 aliphatic carbocycles. The zero-order valence-electron chi connectivity index (χ0n) is 16.8. The highest BCUT2D eigenvalue weighted by Crippen LogP contribution is 2.31. The van der Waals surface area contributed by atoms with Gasteiger partial charge in [0.05, 0.1) is 23.0 Å². The predicted molar refractivity (Wildman–Crippen MR) is 119 cm³/mol. The molecule has 4 rings (SSSR count). The van der Waals surface area contributed by atoms with Gasteiger partial charge in [-0.1, -0.05) is 42.6 Å². The lowest BCUT2D eigenvalue weighted by Gasteiger charge is -2.13. The fourth-order valence-corrected chi connectivity index (χ4v) is 5.23. The van der Waals surface area contributed by atoms with E-state index >= 15 is 0 Å². The van der Waals surface area contributed by atoms with Crippen molar-refractivity contribution in [3.63, 3.8) is 0 Å². The lowest BCUT2D eigenvalue weighted by atomic mass is 10.1. The molecule has 0 saturated heterocycles. The lowest BCUT2D eigenvalue weighted by Crippen LogP contribution is -2.15. The quantitative estimate of drug-likeness (QED) is 0.607. The van der Waals surface area contributed by atoms with Gasteiger partial charge in [0.15, 0.2) is 9.84 Å². The van der Waals surface area contributed by atoms with E-state index in [1.165, 1.54) is 25.2 Å². The molecule has 1 N–H and O–H groups in total. The fourth-order valence-electron chi connectivity index (χ4n) is 4.13. The number of nitrogens with one attached hydrogen (secondary N) is 1. The van der Waals surface area contributed by atoms with E-state index in [4.69, 9.17) is 11.6 Å². The van der Waals surface area contributed by atoms with Crippen LogP contribution in [0.1, 0.15) is 31.2 Å². The number of hydrogen-bond acceptors (Lipinski definition) is 4. The summed E-state index contributed by atoms with van der Waals surface area (Å²) in [6.45, 7) is 0.754. The minimum Gasteiger partial charge on any atom is -0.326 e. The van der Waals surface area contributed by atoms with Gasteiger partial charge in [0.25, 0.3) is 0 Å². The zero-order valence-corrected chi connectivity index (χ0v) is 18.3. The number of halogens is 1. The van der Waals surface area contributed by atoms with Gasteiger partial charge in [-0.25, -0.2) is 8.42 Å². The van der Waals surface area contributed by atoms with Crippen LogP contribution in [0.4, 0.5) is 5.69 Å². The van der Waals surface area contributed by atoms with Crippen molar-refractivity contribution >= 4 is 43.9 Å². The molecule has 2 aromatic carbocycles. The molecule has 1 saturated carbocycles. The van der Waals surface area contributed by atoms with Crippen molar-refractivity contribution in [1.82, 2.24) is 9.78 Å². The molecule has 3 aromatic rings. The molecule has 6 nitrogen and oxygen atoms in total. The van der Waals surface area contributed by atoms with Crippen LogP contribution in [-0.2, 0) is 27.6 Å². The molecule has 1 aliphatic rings. The first kappa shape index (κ1) is 20.9. The van der Waals surface area contributed by atoms with E-state index in [1.807, 2.05) is 16.8 Å². The first-order valence-electron chi connectivity index (χ1n) is 10.0. The SMILES string of the molecule is CS(=O)(=O)c1cc(NC(=O)Cc2ccccc2Cl)cc2c1cnn2CC1CCCC1. The Morgan fingerprint density at radius 3 is 2.67 bits per heavy atom. The van der Waals surface area contributed by atoms with Crippen LogP contribution in [0.2, 0.25) is 5.02 Å². The molecule has 0 aliphatic heterocycles. The Balaban J connectivity index is 1.66. The third kappa shape index (κ3) is 4.52. The smallest absolute Gasteiger partial charge is 0.228 e. The third-order valence-corrected chi connectivity index (χ3v) is 7.13. The summed E-state index contributed by atoms with van der Waals surface area (Å²) in [4.78, 5) is 12.8. The first-order chi connectivity index (χ1) is 14.3. The molecular weight excluding hydrogens is 422 g/mol. The largest absolute Gasteiger partial charge is 0.326 e. The number of carbonyl (C=O) groups is 1. The van der Waals surface area contributed by atoms with Crippen molar-refractivity contribution in [2.75, 3.05) is 11.6 Å². The van der Waals surface area contributed by atoms with E-state index in [0.29, 0.717) is 27.6 Å². The lowest BCUT2D eigenvalue weighted by molar-refractivity contribution is -0.115. The van der Waals surface area contributed by atoms with Crippen LogP contribution in [0.5, 0.6) is 0 Å². The number of nitrogens with zero attached hydrogens (tertiary/aromatic N) is 2. The van der Waals surface area contributed by atoms with Crippen LogP contribution >= 0.6 is 11.6 Å². The molecule has 0 radical (unpaired) electrons. The Kier molecular flexibility index (Phi) is 5.84. The Labute approximate surface area is 181 Å². The number of fused-ring (bicyclic) bond motifs is 1. The normalized spacial score (nSPS) is 15.0. The maximum Gasteiger partial charge on any atom is 0.228 e. The molecule has 0 bridgehead atoms. The topological polar surface area (TPSA) is 81.1 Å². The second kappa shape index (κ2) is 8.40. The van der Waals surface area contributed by atoms with E-state index < -0.39 is 9.84 Å². The summed E-state index contributed by atoms with van der Waals surface area (Å²) in [5.74, 6) is 0.289. The van der Waals surface area contributed by atoms with E-state index in [0.717, 1.165) is 24.9 Å². The number of sulfone groups is 1. The number of rotatable bonds is 6. The van der Waals surface area contributed by atoms with Crippen LogP contribution in [0.25, 0.3) is 10.9 Å². The minimum atomic E-state index is -3.49. The van der Waals surface area contributed by atoms with Crippen LogP contribution in [0.3, 0.4) is 0 Å². The summed E-state index contributed by atoms with van der Waals surface area (Å²) in [6.07, 6.45) is 7.65. The van der Waals surface area contributed by atoms with Gasteiger partial charge in [0, 0.05) is 28.9 Å². The maximum absolute atomic E-state index is 12.6. The highest BCUT2D eigenvalue weighted by Gasteiger charge is 2.21. The highest BCUT2D eigenvalue weighted by molar-refractivity contribution is 7.91. The van der Waals surface area contributed by atoms with E-state index in [1.54, 1.807) is 24.4 Å². The number of benzene rings is 2. The van der Waals surface area contributed by atoms with E-state index in [-0.39, 0.29) is 17.2 Å². The van der Waals surface area contributed by atoms with Crippen molar-refractivity contribution < 1.29 is 13.2 Å². The van der Waals surface area contributed by atoms with Crippen molar-refractivity contribution in [2.24, 2.45) is 5.92 Å². The molecule has 0 atom stereocenters. The third-order valence-electron chi connectivity index (χ3n) is 5.62. The second-order valence-electron chi connectivity index (χ2n) is 7.97.